The third-order valence-corrected chi connectivity index (χ3v) is 4.26. The summed E-state index contributed by atoms with van der Waals surface area (Å²) in [7, 11) is 2.92. The van der Waals surface area contributed by atoms with E-state index in [9.17, 15) is 18.0 Å². The number of nitrogens with one attached hydrogen (secondary N) is 2. The molecule has 0 aliphatic carbocycles. The van der Waals surface area contributed by atoms with Gasteiger partial charge in [0.25, 0.3) is 5.91 Å². The van der Waals surface area contributed by atoms with Gasteiger partial charge in [0.05, 0.1) is 31.2 Å². The van der Waals surface area contributed by atoms with Gasteiger partial charge in [-0.1, -0.05) is 12.1 Å². The summed E-state index contributed by atoms with van der Waals surface area (Å²) in [6, 6.07) is 9.42. The second-order valence-electron chi connectivity index (χ2n) is 6.21. The van der Waals surface area contributed by atoms with E-state index in [4.69, 9.17) is 9.47 Å². The first kappa shape index (κ1) is 20.2. The second kappa shape index (κ2) is 7.86. The average Bonchev–Trinajstić information content (AvgIpc) is 3.07. The minimum atomic E-state index is -4.48. The van der Waals surface area contributed by atoms with Crippen LogP contribution in [0.1, 0.15) is 21.6 Å². The molecular weight excluding hydrogens is 387 g/mol. The molecule has 0 aliphatic rings. The number of halogens is 3. The monoisotopic (exact) mass is 405 g/mol. The normalized spacial score (nSPS) is 11.2. The van der Waals surface area contributed by atoms with Crippen LogP contribution in [0.25, 0.3) is 11.3 Å². The Labute approximate surface area is 164 Å². The van der Waals surface area contributed by atoms with Gasteiger partial charge in [-0.05, 0) is 31.2 Å². The molecule has 0 saturated carbocycles. The molecule has 152 valence electrons. The Morgan fingerprint density at radius 2 is 1.72 bits per heavy atom. The van der Waals surface area contributed by atoms with Crippen molar-refractivity contribution < 1.29 is 27.4 Å². The minimum Gasteiger partial charge on any atom is -0.497 e. The van der Waals surface area contributed by atoms with Gasteiger partial charge in [-0.2, -0.15) is 18.3 Å². The minimum absolute atomic E-state index is 0.205. The summed E-state index contributed by atoms with van der Waals surface area (Å²) in [4.78, 5) is 12.8. The van der Waals surface area contributed by atoms with Crippen molar-refractivity contribution in [3.05, 3.63) is 59.3 Å². The fourth-order valence-corrected chi connectivity index (χ4v) is 2.76. The Balaban J connectivity index is 1.96. The van der Waals surface area contributed by atoms with E-state index in [2.05, 4.69) is 15.5 Å². The lowest BCUT2D eigenvalue weighted by molar-refractivity contribution is -0.137. The van der Waals surface area contributed by atoms with Crippen molar-refractivity contribution in [2.45, 2.75) is 13.1 Å². The summed E-state index contributed by atoms with van der Waals surface area (Å²) in [6.45, 7) is 1.66. The van der Waals surface area contributed by atoms with Crippen molar-refractivity contribution in [3.8, 4) is 22.8 Å². The van der Waals surface area contributed by atoms with Gasteiger partial charge in [-0.15, -0.1) is 0 Å². The molecule has 0 spiro atoms. The number of H-pyrrole nitrogens is 1. The fraction of sp³-hybridized carbons (Fsp3) is 0.200. The van der Waals surface area contributed by atoms with Crippen LogP contribution in [-0.4, -0.2) is 30.3 Å². The summed E-state index contributed by atoms with van der Waals surface area (Å²) in [5.41, 5.74) is 0.679. The van der Waals surface area contributed by atoms with Crippen molar-refractivity contribution in [2.24, 2.45) is 0 Å². The highest BCUT2D eigenvalue weighted by Crippen LogP contribution is 2.35. The number of alkyl halides is 3. The van der Waals surface area contributed by atoms with E-state index in [1.165, 1.54) is 38.5 Å². The number of carbonyl (C=O) groups is 1. The molecule has 3 rings (SSSR count). The van der Waals surface area contributed by atoms with Crippen molar-refractivity contribution >= 4 is 11.6 Å². The number of methoxy groups -OCH3 is 2. The molecule has 9 heteroatoms. The van der Waals surface area contributed by atoms with Crippen molar-refractivity contribution in [2.75, 3.05) is 19.5 Å². The predicted octanol–water partition coefficient (Wildman–Crippen LogP) is 4.67. The molecule has 2 N–H and O–H groups in total. The zero-order valence-electron chi connectivity index (χ0n) is 15.8. The van der Waals surface area contributed by atoms with Crippen LogP contribution in [0.3, 0.4) is 0 Å². The molecule has 0 radical (unpaired) electrons. The average molecular weight is 405 g/mol. The van der Waals surface area contributed by atoms with Gasteiger partial charge < -0.3 is 14.8 Å². The molecular formula is C20H18F3N3O3. The fourth-order valence-electron chi connectivity index (χ4n) is 2.76. The number of aryl methyl sites for hydroxylation is 1. The molecule has 1 heterocycles. The van der Waals surface area contributed by atoms with Gasteiger partial charge in [-0.25, -0.2) is 0 Å². The van der Waals surface area contributed by atoms with Crippen LogP contribution in [0.5, 0.6) is 11.5 Å². The second-order valence-corrected chi connectivity index (χ2v) is 6.21. The van der Waals surface area contributed by atoms with E-state index < -0.39 is 17.6 Å². The van der Waals surface area contributed by atoms with Crippen LogP contribution in [-0.2, 0) is 6.18 Å². The lowest BCUT2D eigenvalue weighted by Crippen LogP contribution is -2.13. The number of anilines is 1. The smallest absolute Gasteiger partial charge is 0.416 e. The Hall–Kier alpha value is -3.49. The first-order chi connectivity index (χ1) is 13.7. The Kier molecular flexibility index (Phi) is 5.49. The number of hydrogen-bond acceptors (Lipinski definition) is 4. The first-order valence-electron chi connectivity index (χ1n) is 8.50. The van der Waals surface area contributed by atoms with Crippen LogP contribution < -0.4 is 14.8 Å². The van der Waals surface area contributed by atoms with E-state index in [0.29, 0.717) is 17.2 Å². The third kappa shape index (κ3) is 4.34. The summed E-state index contributed by atoms with van der Waals surface area (Å²) in [6.07, 6.45) is -4.48. The maximum Gasteiger partial charge on any atom is 0.416 e. The number of amides is 1. The van der Waals surface area contributed by atoms with Gasteiger partial charge in [0.1, 0.15) is 17.2 Å². The van der Waals surface area contributed by atoms with Gasteiger partial charge in [0.2, 0.25) is 0 Å². The molecule has 0 unspecified atom stereocenters. The maximum atomic E-state index is 13.0. The molecule has 0 saturated heterocycles. The quantitative estimate of drug-likeness (QED) is 0.647. The molecule has 1 amide bonds. The van der Waals surface area contributed by atoms with Crippen molar-refractivity contribution in [1.29, 1.82) is 0 Å². The first-order valence-corrected chi connectivity index (χ1v) is 8.50. The number of aromatic nitrogens is 2. The molecule has 1 aromatic heterocycles. The number of hydrogen-bond donors (Lipinski definition) is 2. The van der Waals surface area contributed by atoms with Crippen molar-refractivity contribution in [3.63, 3.8) is 0 Å². The number of nitrogens with zero attached hydrogens (tertiary/aromatic N) is 1. The number of rotatable bonds is 5. The Morgan fingerprint density at radius 3 is 2.31 bits per heavy atom. The molecule has 3 aromatic rings. The number of aromatic amines is 1. The summed E-state index contributed by atoms with van der Waals surface area (Å²) in [5, 5.41) is 9.48. The Morgan fingerprint density at radius 1 is 1.07 bits per heavy atom. The zero-order valence-corrected chi connectivity index (χ0v) is 15.8. The SMILES string of the molecule is COc1cc(OC)cc(C(=O)Nc2c(-c3cccc(C(F)(F)F)c3)n[nH]c2C)c1. The third-order valence-electron chi connectivity index (χ3n) is 4.26. The largest absolute Gasteiger partial charge is 0.497 e. The van der Waals surface area contributed by atoms with Crippen LogP contribution in [0.4, 0.5) is 18.9 Å². The number of carbonyl (C=O) groups excluding carboxylic acids is 1. The number of benzene rings is 2. The van der Waals surface area contributed by atoms with Crippen molar-refractivity contribution in [1.82, 2.24) is 10.2 Å². The molecule has 0 aliphatic heterocycles. The van der Waals surface area contributed by atoms with Gasteiger partial charge in [0, 0.05) is 17.2 Å². The highest BCUT2D eigenvalue weighted by Gasteiger charge is 2.31. The van der Waals surface area contributed by atoms with E-state index >= 15 is 0 Å². The van der Waals surface area contributed by atoms with Crippen LogP contribution in [0.2, 0.25) is 0 Å². The predicted molar refractivity (Wildman–Crippen MR) is 101 cm³/mol. The zero-order chi connectivity index (χ0) is 21.2. The summed E-state index contributed by atoms with van der Waals surface area (Å²) in [5.74, 6) is 0.368. The van der Waals surface area contributed by atoms with Gasteiger partial charge >= 0.3 is 6.18 Å². The summed E-state index contributed by atoms with van der Waals surface area (Å²) >= 11 is 0. The topological polar surface area (TPSA) is 76.2 Å². The van der Waals surface area contributed by atoms with E-state index in [0.717, 1.165) is 12.1 Å². The molecule has 0 fully saturated rings. The lowest BCUT2D eigenvalue weighted by Gasteiger charge is -2.11. The maximum absolute atomic E-state index is 13.0. The highest BCUT2D eigenvalue weighted by molar-refractivity contribution is 6.06. The van der Waals surface area contributed by atoms with Crippen LogP contribution in [0.15, 0.2) is 42.5 Å². The highest BCUT2D eigenvalue weighted by atomic mass is 19.4. The molecule has 29 heavy (non-hydrogen) atoms. The van der Waals surface area contributed by atoms with Gasteiger partial charge in [0.15, 0.2) is 0 Å². The summed E-state index contributed by atoms with van der Waals surface area (Å²) < 4.78 is 49.4. The molecule has 0 bridgehead atoms. The number of ether oxygens (including phenoxy) is 2. The van der Waals surface area contributed by atoms with E-state index in [1.54, 1.807) is 13.0 Å². The van der Waals surface area contributed by atoms with Crippen LogP contribution >= 0.6 is 0 Å². The lowest BCUT2D eigenvalue weighted by atomic mass is 10.1. The van der Waals surface area contributed by atoms with E-state index in [-0.39, 0.29) is 22.5 Å². The molecule has 2 aromatic carbocycles. The van der Waals surface area contributed by atoms with E-state index in [1.807, 2.05) is 0 Å². The van der Waals surface area contributed by atoms with Crippen LogP contribution in [0, 0.1) is 6.92 Å². The molecule has 6 nitrogen and oxygen atoms in total. The standard InChI is InChI=1S/C20H18F3N3O3/c1-11-17(24-19(27)13-8-15(28-2)10-16(9-13)29-3)18(26-25-11)12-5-4-6-14(7-12)20(21,22)23/h4-10H,1-3H3,(H,24,27)(H,25,26). The van der Waals surface area contributed by atoms with Gasteiger partial charge in [-0.3, -0.25) is 9.89 Å². The molecule has 0 atom stereocenters. The Bertz CT molecular complexity index is 1020.